The molecule has 21 heavy (non-hydrogen) atoms. The van der Waals surface area contributed by atoms with Crippen LogP contribution in [0.3, 0.4) is 0 Å². The lowest BCUT2D eigenvalue weighted by atomic mass is 10.2. The molecular weight excluding hydrogens is 356 g/mol. The van der Waals surface area contributed by atoms with E-state index >= 15 is 0 Å². The van der Waals surface area contributed by atoms with E-state index in [4.69, 9.17) is 10.8 Å². The number of aromatic nitrogens is 3. The molecule has 0 atom stereocenters. The van der Waals surface area contributed by atoms with E-state index in [1.807, 2.05) is 24.3 Å². The molecule has 0 saturated carbocycles. The van der Waals surface area contributed by atoms with Crippen LogP contribution in [0.15, 0.2) is 40.2 Å². The smallest absolute Gasteiger partial charge is 0.355 e. The third-order valence-corrected chi connectivity index (χ3v) is 4.11. The average Bonchev–Trinajstić information content (AvgIpc) is 3.06. The van der Waals surface area contributed by atoms with E-state index in [0.717, 1.165) is 10.0 Å². The standard InChI is InChI=1S/C13H9BrN4O2S/c14-8-3-1-7(2-4-8)9-5-11(15)18(17-9)13-16-10(6-21-13)12(19)20/h1-6H,15H2,(H,19,20). The maximum atomic E-state index is 10.9. The maximum Gasteiger partial charge on any atom is 0.355 e. The lowest BCUT2D eigenvalue weighted by Crippen LogP contribution is -2.03. The fourth-order valence-electron chi connectivity index (χ4n) is 1.77. The number of nitrogen functional groups attached to an aromatic ring is 1. The van der Waals surface area contributed by atoms with Crippen LogP contribution < -0.4 is 5.73 Å². The lowest BCUT2D eigenvalue weighted by Gasteiger charge is -1.98. The number of hydrogen-bond donors (Lipinski definition) is 2. The number of thiazole rings is 1. The van der Waals surface area contributed by atoms with Crippen molar-refractivity contribution >= 4 is 39.1 Å². The highest BCUT2D eigenvalue weighted by Gasteiger charge is 2.14. The molecule has 0 radical (unpaired) electrons. The van der Waals surface area contributed by atoms with Crippen LogP contribution in [-0.4, -0.2) is 25.8 Å². The van der Waals surface area contributed by atoms with E-state index in [1.54, 1.807) is 6.07 Å². The van der Waals surface area contributed by atoms with Gasteiger partial charge in [-0.25, -0.2) is 9.78 Å². The third-order valence-electron chi connectivity index (χ3n) is 2.77. The predicted molar refractivity (Wildman–Crippen MR) is 83.7 cm³/mol. The van der Waals surface area contributed by atoms with Gasteiger partial charge in [-0.3, -0.25) is 0 Å². The van der Waals surface area contributed by atoms with E-state index in [2.05, 4.69) is 26.0 Å². The van der Waals surface area contributed by atoms with E-state index in [1.165, 1.54) is 21.4 Å². The van der Waals surface area contributed by atoms with E-state index in [-0.39, 0.29) is 5.69 Å². The number of halogens is 1. The van der Waals surface area contributed by atoms with Crippen molar-refractivity contribution in [1.82, 2.24) is 14.8 Å². The topological polar surface area (TPSA) is 94.0 Å². The van der Waals surface area contributed by atoms with Gasteiger partial charge in [0.2, 0.25) is 5.13 Å². The lowest BCUT2D eigenvalue weighted by molar-refractivity contribution is 0.0691. The van der Waals surface area contributed by atoms with Gasteiger partial charge in [0, 0.05) is 21.5 Å². The zero-order valence-corrected chi connectivity index (χ0v) is 12.9. The number of benzene rings is 1. The summed E-state index contributed by atoms with van der Waals surface area (Å²) in [5.74, 6) is -0.671. The van der Waals surface area contributed by atoms with E-state index in [9.17, 15) is 4.79 Å². The van der Waals surface area contributed by atoms with Crippen LogP contribution in [-0.2, 0) is 0 Å². The second kappa shape index (κ2) is 5.30. The Morgan fingerprint density at radius 2 is 2.05 bits per heavy atom. The molecule has 106 valence electrons. The molecule has 0 aliphatic rings. The van der Waals surface area contributed by atoms with E-state index < -0.39 is 5.97 Å². The minimum Gasteiger partial charge on any atom is -0.476 e. The van der Waals surface area contributed by atoms with Gasteiger partial charge in [-0.1, -0.05) is 28.1 Å². The molecule has 6 nitrogen and oxygen atoms in total. The van der Waals surface area contributed by atoms with Crippen molar-refractivity contribution < 1.29 is 9.90 Å². The van der Waals surface area contributed by atoms with Crippen molar-refractivity contribution in [3.05, 3.63) is 45.9 Å². The van der Waals surface area contributed by atoms with Crippen molar-refractivity contribution in [1.29, 1.82) is 0 Å². The first-order chi connectivity index (χ1) is 10.0. The van der Waals surface area contributed by atoms with Gasteiger partial charge in [0.25, 0.3) is 0 Å². The van der Waals surface area contributed by atoms with Crippen LogP contribution in [0.4, 0.5) is 5.82 Å². The summed E-state index contributed by atoms with van der Waals surface area (Å²) in [5, 5.41) is 15.2. The summed E-state index contributed by atoms with van der Waals surface area (Å²) in [4.78, 5) is 14.9. The molecule has 0 unspecified atom stereocenters. The first-order valence-electron chi connectivity index (χ1n) is 5.85. The summed E-state index contributed by atoms with van der Waals surface area (Å²) in [6, 6.07) is 9.39. The summed E-state index contributed by atoms with van der Waals surface area (Å²) in [7, 11) is 0. The molecule has 3 rings (SSSR count). The second-order valence-corrected chi connectivity index (χ2v) is 5.95. The zero-order valence-electron chi connectivity index (χ0n) is 10.5. The van der Waals surface area contributed by atoms with Crippen LogP contribution in [0, 0.1) is 0 Å². The SMILES string of the molecule is Nc1cc(-c2ccc(Br)cc2)nn1-c1nc(C(=O)O)cs1. The molecule has 0 aliphatic heterocycles. The van der Waals surface area contributed by atoms with Crippen LogP contribution in [0.1, 0.15) is 10.5 Å². The predicted octanol–water partition coefficient (Wildman–Crippen LogP) is 3.04. The Balaban J connectivity index is 2.00. The number of nitrogens with zero attached hydrogens (tertiary/aromatic N) is 3. The minimum atomic E-state index is -1.07. The van der Waals surface area contributed by atoms with Gasteiger partial charge in [-0.2, -0.15) is 9.78 Å². The number of hydrogen-bond acceptors (Lipinski definition) is 5. The average molecular weight is 365 g/mol. The molecule has 2 heterocycles. The fraction of sp³-hybridized carbons (Fsp3) is 0. The number of anilines is 1. The third kappa shape index (κ3) is 2.67. The Morgan fingerprint density at radius 1 is 1.33 bits per heavy atom. The number of aromatic carboxylic acids is 1. The first-order valence-corrected chi connectivity index (χ1v) is 7.52. The van der Waals surface area contributed by atoms with Crippen molar-refractivity contribution in [2.24, 2.45) is 0 Å². The number of carbonyl (C=O) groups is 1. The van der Waals surface area contributed by atoms with Crippen molar-refractivity contribution in [3.8, 4) is 16.4 Å². The number of rotatable bonds is 3. The Kier molecular flexibility index (Phi) is 3.48. The fourth-order valence-corrected chi connectivity index (χ4v) is 2.80. The molecule has 0 fully saturated rings. The first kappa shape index (κ1) is 13.8. The number of nitrogens with two attached hydrogens (primary N) is 1. The largest absolute Gasteiger partial charge is 0.476 e. The molecule has 0 aliphatic carbocycles. The molecule has 8 heteroatoms. The van der Waals surface area contributed by atoms with Crippen LogP contribution in [0.25, 0.3) is 16.4 Å². The second-order valence-electron chi connectivity index (χ2n) is 4.19. The highest BCUT2D eigenvalue weighted by molar-refractivity contribution is 9.10. The Labute approximate surface area is 132 Å². The summed E-state index contributed by atoms with van der Waals surface area (Å²) >= 11 is 4.55. The van der Waals surface area contributed by atoms with Gasteiger partial charge in [0.1, 0.15) is 5.82 Å². The number of carboxylic acids is 1. The molecule has 2 aromatic heterocycles. The highest BCUT2D eigenvalue weighted by atomic mass is 79.9. The normalized spacial score (nSPS) is 10.7. The monoisotopic (exact) mass is 364 g/mol. The van der Waals surface area contributed by atoms with Crippen molar-refractivity contribution in [3.63, 3.8) is 0 Å². The van der Waals surface area contributed by atoms with Gasteiger partial charge in [0.15, 0.2) is 5.69 Å². The van der Waals surface area contributed by atoms with Crippen LogP contribution in [0.5, 0.6) is 0 Å². The molecule has 3 aromatic rings. The highest BCUT2D eigenvalue weighted by Crippen LogP contribution is 2.25. The molecule has 0 bridgehead atoms. The van der Waals surface area contributed by atoms with Gasteiger partial charge in [0.05, 0.1) is 5.69 Å². The van der Waals surface area contributed by atoms with Crippen molar-refractivity contribution in [2.45, 2.75) is 0 Å². The zero-order chi connectivity index (χ0) is 15.0. The maximum absolute atomic E-state index is 10.9. The molecule has 1 aromatic carbocycles. The van der Waals surface area contributed by atoms with Gasteiger partial charge in [-0.15, -0.1) is 11.3 Å². The molecule has 0 saturated heterocycles. The Morgan fingerprint density at radius 3 is 2.67 bits per heavy atom. The summed E-state index contributed by atoms with van der Waals surface area (Å²) in [6.07, 6.45) is 0. The van der Waals surface area contributed by atoms with Gasteiger partial charge in [-0.05, 0) is 12.1 Å². The number of carboxylic acid groups (broad SMARTS) is 1. The molecule has 3 N–H and O–H groups in total. The Hall–Kier alpha value is -2.19. The van der Waals surface area contributed by atoms with Crippen LogP contribution in [0.2, 0.25) is 0 Å². The van der Waals surface area contributed by atoms with Crippen LogP contribution >= 0.6 is 27.3 Å². The van der Waals surface area contributed by atoms with Crippen molar-refractivity contribution in [2.75, 3.05) is 5.73 Å². The Bertz CT molecular complexity index is 810. The minimum absolute atomic E-state index is 0.0184. The van der Waals surface area contributed by atoms with E-state index in [0.29, 0.717) is 16.6 Å². The molecule has 0 amide bonds. The quantitative estimate of drug-likeness (QED) is 0.744. The molecule has 0 spiro atoms. The summed E-state index contributed by atoms with van der Waals surface area (Å²) < 4.78 is 2.42. The van der Waals surface area contributed by atoms with Gasteiger partial charge < -0.3 is 10.8 Å². The summed E-state index contributed by atoms with van der Waals surface area (Å²) in [6.45, 7) is 0. The van der Waals surface area contributed by atoms with Gasteiger partial charge >= 0.3 is 5.97 Å². The summed E-state index contributed by atoms with van der Waals surface area (Å²) in [5.41, 5.74) is 7.53. The molecular formula is C13H9BrN4O2S.